The van der Waals surface area contributed by atoms with E-state index in [1.165, 1.54) is 12.7 Å². The molecule has 1 heterocycles. The van der Waals surface area contributed by atoms with Crippen molar-refractivity contribution < 1.29 is 19.1 Å². The molecule has 27 heavy (non-hydrogen) atoms. The number of para-hydroxylation sites is 1. The first-order valence-electron chi connectivity index (χ1n) is 8.68. The van der Waals surface area contributed by atoms with Gasteiger partial charge in [-0.1, -0.05) is 12.1 Å². The molecule has 0 saturated carbocycles. The van der Waals surface area contributed by atoms with E-state index in [2.05, 4.69) is 10.6 Å². The third kappa shape index (κ3) is 4.13. The monoisotopic (exact) mass is 369 g/mol. The SMILES string of the molecule is COc1cccc(NC(=O)Nc2ccc3c(c2)CN(C(C)=O)CC3)c1OC. The van der Waals surface area contributed by atoms with Crippen molar-refractivity contribution in [3.63, 3.8) is 0 Å². The van der Waals surface area contributed by atoms with Crippen LogP contribution in [0.15, 0.2) is 36.4 Å². The van der Waals surface area contributed by atoms with Gasteiger partial charge in [-0.25, -0.2) is 4.79 Å². The lowest BCUT2D eigenvalue weighted by Gasteiger charge is -2.28. The summed E-state index contributed by atoms with van der Waals surface area (Å²) < 4.78 is 10.6. The summed E-state index contributed by atoms with van der Waals surface area (Å²) in [7, 11) is 3.06. The van der Waals surface area contributed by atoms with E-state index in [9.17, 15) is 9.59 Å². The zero-order valence-electron chi connectivity index (χ0n) is 15.7. The second-order valence-electron chi connectivity index (χ2n) is 6.29. The van der Waals surface area contributed by atoms with Gasteiger partial charge in [0.25, 0.3) is 0 Å². The summed E-state index contributed by atoms with van der Waals surface area (Å²) in [5.41, 5.74) is 3.43. The van der Waals surface area contributed by atoms with Crippen LogP contribution in [0.25, 0.3) is 0 Å². The molecule has 0 atom stereocenters. The third-order valence-corrected chi connectivity index (χ3v) is 4.57. The van der Waals surface area contributed by atoms with Crippen LogP contribution in [0.5, 0.6) is 11.5 Å². The number of amides is 3. The molecule has 2 N–H and O–H groups in total. The molecule has 3 amide bonds. The van der Waals surface area contributed by atoms with Gasteiger partial charge in [0.2, 0.25) is 5.91 Å². The summed E-state index contributed by atoms with van der Waals surface area (Å²) >= 11 is 0. The van der Waals surface area contributed by atoms with E-state index in [4.69, 9.17) is 9.47 Å². The second kappa shape index (κ2) is 7.99. The van der Waals surface area contributed by atoms with Gasteiger partial charge in [-0.3, -0.25) is 4.79 Å². The predicted molar refractivity (Wildman–Crippen MR) is 103 cm³/mol. The summed E-state index contributed by atoms with van der Waals surface area (Å²) in [6.07, 6.45) is 0.822. The van der Waals surface area contributed by atoms with E-state index in [0.717, 1.165) is 18.5 Å². The fourth-order valence-corrected chi connectivity index (χ4v) is 3.17. The van der Waals surface area contributed by atoms with Crippen LogP contribution in [0.4, 0.5) is 16.2 Å². The van der Waals surface area contributed by atoms with Crippen LogP contribution < -0.4 is 20.1 Å². The lowest BCUT2D eigenvalue weighted by Crippen LogP contribution is -2.34. The number of anilines is 2. The van der Waals surface area contributed by atoms with E-state index >= 15 is 0 Å². The minimum atomic E-state index is -0.388. The molecule has 0 aliphatic carbocycles. The van der Waals surface area contributed by atoms with Crippen molar-refractivity contribution in [2.45, 2.75) is 19.9 Å². The number of rotatable bonds is 4. The second-order valence-corrected chi connectivity index (χ2v) is 6.29. The van der Waals surface area contributed by atoms with Crippen molar-refractivity contribution in [1.82, 2.24) is 4.90 Å². The molecule has 142 valence electrons. The number of urea groups is 1. The Balaban J connectivity index is 1.72. The topological polar surface area (TPSA) is 79.9 Å². The van der Waals surface area contributed by atoms with Crippen LogP contribution in [0.1, 0.15) is 18.1 Å². The van der Waals surface area contributed by atoms with Crippen molar-refractivity contribution in [2.75, 3.05) is 31.4 Å². The molecule has 2 aromatic rings. The van der Waals surface area contributed by atoms with Gasteiger partial charge in [0.05, 0.1) is 19.9 Å². The Morgan fingerprint density at radius 1 is 1.04 bits per heavy atom. The van der Waals surface area contributed by atoms with Crippen molar-refractivity contribution in [2.24, 2.45) is 0 Å². The first kappa shape index (κ1) is 18.6. The molecule has 0 aromatic heterocycles. The standard InChI is InChI=1S/C20H23N3O4/c1-13(24)23-10-9-14-7-8-16(11-15(14)12-23)21-20(25)22-17-5-4-6-18(26-2)19(17)27-3/h4-8,11H,9-10,12H2,1-3H3,(H2,21,22,25). The summed E-state index contributed by atoms with van der Waals surface area (Å²) in [5.74, 6) is 1.05. The van der Waals surface area contributed by atoms with E-state index in [1.54, 1.807) is 37.1 Å². The van der Waals surface area contributed by atoms with Crippen molar-refractivity contribution in [3.05, 3.63) is 47.5 Å². The number of benzene rings is 2. The number of methoxy groups -OCH3 is 2. The smallest absolute Gasteiger partial charge is 0.323 e. The zero-order chi connectivity index (χ0) is 19.4. The molecule has 0 unspecified atom stereocenters. The molecule has 1 aliphatic rings. The summed E-state index contributed by atoms with van der Waals surface area (Å²) in [6, 6.07) is 10.6. The van der Waals surface area contributed by atoms with Crippen LogP contribution in [-0.4, -0.2) is 37.6 Å². The number of nitrogens with zero attached hydrogens (tertiary/aromatic N) is 1. The van der Waals surface area contributed by atoms with E-state index < -0.39 is 0 Å². The highest BCUT2D eigenvalue weighted by molar-refractivity contribution is 6.01. The number of nitrogens with one attached hydrogen (secondary N) is 2. The summed E-state index contributed by atoms with van der Waals surface area (Å²) in [5, 5.41) is 5.60. The Bertz CT molecular complexity index is 866. The van der Waals surface area contributed by atoms with E-state index in [-0.39, 0.29) is 11.9 Å². The molecule has 7 nitrogen and oxygen atoms in total. The molecule has 3 rings (SSSR count). The van der Waals surface area contributed by atoms with Gasteiger partial charge in [0.1, 0.15) is 0 Å². The number of hydrogen-bond acceptors (Lipinski definition) is 4. The van der Waals surface area contributed by atoms with Crippen molar-refractivity contribution in [3.8, 4) is 11.5 Å². The number of carbonyl (C=O) groups is 2. The highest BCUT2D eigenvalue weighted by Gasteiger charge is 2.19. The molecule has 0 fully saturated rings. The van der Waals surface area contributed by atoms with Crippen LogP contribution in [-0.2, 0) is 17.8 Å². The minimum absolute atomic E-state index is 0.0573. The lowest BCUT2D eigenvalue weighted by molar-refractivity contribution is -0.129. The van der Waals surface area contributed by atoms with Crippen LogP contribution in [0, 0.1) is 0 Å². The average Bonchev–Trinajstić information content (AvgIpc) is 2.66. The van der Waals surface area contributed by atoms with Gasteiger partial charge < -0.3 is 25.0 Å². The number of fused-ring (bicyclic) bond motifs is 1. The van der Waals surface area contributed by atoms with Gasteiger partial charge in [-0.2, -0.15) is 0 Å². The molecule has 0 spiro atoms. The van der Waals surface area contributed by atoms with Gasteiger partial charge in [-0.05, 0) is 41.8 Å². The minimum Gasteiger partial charge on any atom is -0.493 e. The Kier molecular flexibility index (Phi) is 5.49. The number of ether oxygens (including phenoxy) is 2. The van der Waals surface area contributed by atoms with Gasteiger partial charge in [-0.15, -0.1) is 0 Å². The third-order valence-electron chi connectivity index (χ3n) is 4.57. The first-order chi connectivity index (χ1) is 13.0. The average molecular weight is 369 g/mol. The summed E-state index contributed by atoms with van der Waals surface area (Å²) in [6.45, 7) is 2.86. The Labute approximate surface area is 158 Å². The molecule has 0 saturated heterocycles. The van der Waals surface area contributed by atoms with Gasteiger partial charge in [0.15, 0.2) is 11.5 Å². The quantitative estimate of drug-likeness (QED) is 0.867. The maximum Gasteiger partial charge on any atom is 0.323 e. The molecular formula is C20H23N3O4. The van der Waals surface area contributed by atoms with Crippen molar-refractivity contribution >= 4 is 23.3 Å². The van der Waals surface area contributed by atoms with Crippen LogP contribution >= 0.6 is 0 Å². The molecule has 2 aromatic carbocycles. The van der Waals surface area contributed by atoms with E-state index in [1.807, 2.05) is 18.2 Å². The number of hydrogen-bond donors (Lipinski definition) is 2. The highest BCUT2D eigenvalue weighted by Crippen LogP contribution is 2.34. The molecule has 0 bridgehead atoms. The highest BCUT2D eigenvalue weighted by atomic mass is 16.5. The number of carbonyl (C=O) groups excluding carboxylic acids is 2. The van der Waals surface area contributed by atoms with Crippen molar-refractivity contribution in [1.29, 1.82) is 0 Å². The molecular weight excluding hydrogens is 346 g/mol. The van der Waals surface area contributed by atoms with Gasteiger partial charge >= 0.3 is 6.03 Å². The first-order valence-corrected chi connectivity index (χ1v) is 8.68. The van der Waals surface area contributed by atoms with Crippen LogP contribution in [0.3, 0.4) is 0 Å². The fraction of sp³-hybridized carbons (Fsp3) is 0.300. The van der Waals surface area contributed by atoms with Crippen LogP contribution in [0.2, 0.25) is 0 Å². The Hall–Kier alpha value is -3.22. The fourth-order valence-electron chi connectivity index (χ4n) is 3.17. The Morgan fingerprint density at radius 3 is 2.56 bits per heavy atom. The zero-order valence-corrected chi connectivity index (χ0v) is 15.7. The van der Waals surface area contributed by atoms with Gasteiger partial charge in [0, 0.05) is 25.7 Å². The largest absolute Gasteiger partial charge is 0.493 e. The maximum absolute atomic E-state index is 12.4. The van der Waals surface area contributed by atoms with E-state index in [0.29, 0.717) is 29.4 Å². The maximum atomic E-state index is 12.4. The molecule has 7 heteroatoms. The Morgan fingerprint density at radius 2 is 1.85 bits per heavy atom. The molecule has 0 radical (unpaired) electrons. The lowest BCUT2D eigenvalue weighted by atomic mass is 9.99. The predicted octanol–water partition coefficient (Wildman–Crippen LogP) is 3.25. The molecule has 1 aliphatic heterocycles. The summed E-state index contributed by atoms with van der Waals surface area (Å²) in [4.78, 5) is 25.8. The normalized spacial score (nSPS) is 12.8.